The summed E-state index contributed by atoms with van der Waals surface area (Å²) in [6.07, 6.45) is 0.855. The molecule has 0 saturated carbocycles. The molecule has 0 bridgehead atoms. The second-order valence-corrected chi connectivity index (χ2v) is 4.31. The molecular weight excluding hydrogens is 206 g/mol. The van der Waals surface area contributed by atoms with Crippen LogP contribution in [0.3, 0.4) is 0 Å². The summed E-state index contributed by atoms with van der Waals surface area (Å²) in [6, 6.07) is 0.341. The Hall–Kier alpha value is -0.810. The van der Waals surface area contributed by atoms with Crippen LogP contribution in [0.2, 0.25) is 0 Å². The Balaban J connectivity index is 2.51. The average molecular weight is 229 g/mol. The Bertz CT molecular complexity index is 215. The van der Waals surface area contributed by atoms with Gasteiger partial charge in [0.2, 0.25) is 0 Å². The highest BCUT2D eigenvalue weighted by Gasteiger charge is 2.23. The Morgan fingerprint density at radius 1 is 1.44 bits per heavy atom. The molecule has 1 aliphatic rings. The highest BCUT2D eigenvalue weighted by Crippen LogP contribution is 2.07. The summed E-state index contributed by atoms with van der Waals surface area (Å²) in [5, 5.41) is 0. The number of morpholine rings is 1. The standard InChI is InChI=1S/C11H23N3O2/c1-10(2)14(5-3-4-12)11(15)13-6-8-16-9-7-13/h10H,3-9,12H2,1-2H3. The van der Waals surface area contributed by atoms with Gasteiger partial charge in [-0.2, -0.15) is 0 Å². The third-order valence-corrected chi connectivity index (χ3v) is 2.75. The molecule has 0 aromatic rings. The van der Waals surface area contributed by atoms with Gasteiger partial charge in [-0.15, -0.1) is 0 Å². The zero-order valence-electron chi connectivity index (χ0n) is 10.3. The summed E-state index contributed by atoms with van der Waals surface area (Å²) < 4.78 is 5.24. The second-order valence-electron chi connectivity index (χ2n) is 4.31. The van der Waals surface area contributed by atoms with Crippen molar-refractivity contribution in [1.29, 1.82) is 0 Å². The maximum atomic E-state index is 12.2. The van der Waals surface area contributed by atoms with Crippen LogP contribution < -0.4 is 5.73 Å². The summed E-state index contributed by atoms with van der Waals surface area (Å²) in [5.74, 6) is 0. The van der Waals surface area contributed by atoms with Crippen molar-refractivity contribution >= 4 is 6.03 Å². The van der Waals surface area contributed by atoms with Gasteiger partial charge in [-0.1, -0.05) is 0 Å². The van der Waals surface area contributed by atoms with Gasteiger partial charge in [0, 0.05) is 25.7 Å². The number of amides is 2. The normalized spacial score (nSPS) is 16.6. The van der Waals surface area contributed by atoms with Crippen LogP contribution >= 0.6 is 0 Å². The molecule has 2 amide bonds. The number of nitrogens with zero attached hydrogens (tertiary/aromatic N) is 2. The van der Waals surface area contributed by atoms with Crippen LogP contribution in [0.5, 0.6) is 0 Å². The zero-order valence-corrected chi connectivity index (χ0v) is 10.3. The van der Waals surface area contributed by atoms with Crippen LogP contribution in [0.4, 0.5) is 4.79 Å². The highest BCUT2D eigenvalue weighted by molar-refractivity contribution is 5.74. The van der Waals surface area contributed by atoms with Crippen molar-refractivity contribution in [3.05, 3.63) is 0 Å². The van der Waals surface area contributed by atoms with Crippen molar-refractivity contribution in [3.63, 3.8) is 0 Å². The lowest BCUT2D eigenvalue weighted by Gasteiger charge is -2.35. The molecule has 1 aliphatic heterocycles. The van der Waals surface area contributed by atoms with E-state index in [0.717, 1.165) is 13.0 Å². The lowest BCUT2D eigenvalue weighted by atomic mass is 10.3. The van der Waals surface area contributed by atoms with Gasteiger partial charge in [0.1, 0.15) is 0 Å². The molecule has 1 fully saturated rings. The van der Waals surface area contributed by atoms with E-state index in [1.807, 2.05) is 23.6 Å². The van der Waals surface area contributed by atoms with E-state index in [9.17, 15) is 4.79 Å². The SMILES string of the molecule is CC(C)N(CCCN)C(=O)N1CCOCC1. The number of ether oxygens (including phenoxy) is 1. The monoisotopic (exact) mass is 229 g/mol. The van der Waals surface area contributed by atoms with Crippen molar-refractivity contribution in [2.75, 3.05) is 39.4 Å². The minimum atomic E-state index is 0.117. The molecule has 0 aromatic heterocycles. The summed E-state index contributed by atoms with van der Waals surface area (Å²) >= 11 is 0. The fraction of sp³-hybridized carbons (Fsp3) is 0.909. The first-order chi connectivity index (χ1) is 7.66. The number of hydrogen-bond donors (Lipinski definition) is 1. The van der Waals surface area contributed by atoms with Crippen molar-refractivity contribution in [2.24, 2.45) is 5.73 Å². The summed E-state index contributed by atoms with van der Waals surface area (Å²) in [5.41, 5.74) is 5.48. The van der Waals surface area contributed by atoms with E-state index < -0.39 is 0 Å². The van der Waals surface area contributed by atoms with Crippen molar-refractivity contribution in [3.8, 4) is 0 Å². The molecule has 0 aromatic carbocycles. The highest BCUT2D eigenvalue weighted by atomic mass is 16.5. The predicted molar refractivity (Wildman–Crippen MR) is 63.3 cm³/mol. The van der Waals surface area contributed by atoms with E-state index in [4.69, 9.17) is 10.5 Å². The van der Waals surface area contributed by atoms with Gasteiger partial charge < -0.3 is 20.3 Å². The molecule has 16 heavy (non-hydrogen) atoms. The maximum absolute atomic E-state index is 12.2. The molecule has 1 heterocycles. The van der Waals surface area contributed by atoms with E-state index in [2.05, 4.69) is 0 Å². The Kier molecular flexibility index (Phi) is 5.55. The molecule has 1 rings (SSSR count). The van der Waals surface area contributed by atoms with Gasteiger partial charge >= 0.3 is 6.03 Å². The topological polar surface area (TPSA) is 58.8 Å². The quantitative estimate of drug-likeness (QED) is 0.763. The third-order valence-electron chi connectivity index (χ3n) is 2.75. The molecule has 2 N–H and O–H groups in total. The van der Waals surface area contributed by atoms with Gasteiger partial charge in [0.05, 0.1) is 13.2 Å². The van der Waals surface area contributed by atoms with Crippen molar-refractivity contribution in [2.45, 2.75) is 26.3 Å². The first kappa shape index (κ1) is 13.3. The van der Waals surface area contributed by atoms with Crippen LogP contribution in [0, 0.1) is 0 Å². The van der Waals surface area contributed by atoms with Crippen LogP contribution in [0.25, 0.3) is 0 Å². The molecule has 94 valence electrons. The van der Waals surface area contributed by atoms with E-state index >= 15 is 0 Å². The van der Waals surface area contributed by atoms with Crippen LogP contribution in [0.1, 0.15) is 20.3 Å². The molecule has 5 heteroatoms. The Labute approximate surface area is 97.5 Å². The lowest BCUT2D eigenvalue weighted by molar-refractivity contribution is 0.0405. The Morgan fingerprint density at radius 2 is 2.06 bits per heavy atom. The van der Waals surface area contributed by atoms with E-state index in [1.54, 1.807) is 0 Å². The number of nitrogens with two attached hydrogens (primary N) is 1. The largest absolute Gasteiger partial charge is 0.378 e. The third kappa shape index (κ3) is 3.64. The molecule has 1 saturated heterocycles. The van der Waals surface area contributed by atoms with E-state index in [1.165, 1.54) is 0 Å². The first-order valence-electron chi connectivity index (χ1n) is 6.00. The van der Waals surface area contributed by atoms with Crippen molar-refractivity contribution < 1.29 is 9.53 Å². The van der Waals surface area contributed by atoms with Crippen LogP contribution in [0.15, 0.2) is 0 Å². The smallest absolute Gasteiger partial charge is 0.320 e. The zero-order chi connectivity index (χ0) is 12.0. The minimum absolute atomic E-state index is 0.117. The summed E-state index contributed by atoms with van der Waals surface area (Å²) in [6.45, 7) is 8.13. The van der Waals surface area contributed by atoms with Gasteiger partial charge in [0.25, 0.3) is 0 Å². The minimum Gasteiger partial charge on any atom is -0.378 e. The molecular formula is C11H23N3O2. The predicted octanol–water partition coefficient (Wildman–Crippen LogP) is 0.498. The van der Waals surface area contributed by atoms with Gasteiger partial charge in [-0.25, -0.2) is 4.79 Å². The van der Waals surface area contributed by atoms with Gasteiger partial charge in [-0.05, 0) is 26.8 Å². The molecule has 5 nitrogen and oxygen atoms in total. The molecule has 0 aliphatic carbocycles. The number of carbonyl (C=O) groups excluding carboxylic acids is 1. The number of urea groups is 1. The van der Waals surface area contributed by atoms with E-state index in [-0.39, 0.29) is 12.1 Å². The average Bonchev–Trinajstić information content (AvgIpc) is 2.30. The molecule has 0 unspecified atom stereocenters. The number of rotatable bonds is 4. The molecule has 0 atom stereocenters. The van der Waals surface area contributed by atoms with E-state index in [0.29, 0.717) is 32.8 Å². The number of hydrogen-bond acceptors (Lipinski definition) is 3. The first-order valence-corrected chi connectivity index (χ1v) is 6.00. The number of carbonyl (C=O) groups is 1. The van der Waals surface area contributed by atoms with Crippen LogP contribution in [-0.2, 0) is 4.74 Å². The van der Waals surface area contributed by atoms with Gasteiger partial charge in [-0.3, -0.25) is 0 Å². The second kappa shape index (κ2) is 6.70. The molecule has 0 spiro atoms. The van der Waals surface area contributed by atoms with Crippen LogP contribution in [-0.4, -0.2) is 61.3 Å². The Morgan fingerprint density at radius 3 is 2.56 bits per heavy atom. The fourth-order valence-electron chi connectivity index (χ4n) is 1.77. The summed E-state index contributed by atoms with van der Waals surface area (Å²) in [7, 11) is 0. The van der Waals surface area contributed by atoms with Gasteiger partial charge in [0.15, 0.2) is 0 Å². The summed E-state index contributed by atoms with van der Waals surface area (Å²) in [4.78, 5) is 15.9. The lowest BCUT2D eigenvalue weighted by Crippen LogP contribution is -2.50. The maximum Gasteiger partial charge on any atom is 0.320 e. The fourth-order valence-corrected chi connectivity index (χ4v) is 1.77. The van der Waals surface area contributed by atoms with Crippen molar-refractivity contribution in [1.82, 2.24) is 9.80 Å². The molecule has 0 radical (unpaired) electrons.